The van der Waals surface area contributed by atoms with Gasteiger partial charge in [0, 0.05) is 6.04 Å². The molecule has 5 heteroatoms. The van der Waals surface area contributed by atoms with Crippen LogP contribution in [-0.4, -0.2) is 22.1 Å². The van der Waals surface area contributed by atoms with Gasteiger partial charge in [0.1, 0.15) is 0 Å². The van der Waals surface area contributed by atoms with E-state index in [2.05, 4.69) is 29.4 Å². The first-order valence-electron chi connectivity index (χ1n) is 5.79. The van der Waals surface area contributed by atoms with Crippen molar-refractivity contribution < 1.29 is 4.79 Å². The topological polar surface area (TPSA) is 54.9 Å². The first-order valence-corrected chi connectivity index (χ1v) is 6.17. The molecule has 0 aliphatic carbocycles. The van der Waals surface area contributed by atoms with Gasteiger partial charge in [-0.15, -0.1) is 10.2 Å². The standard InChI is InChI=1S/C12H18ClN3O/c1-8(2)4-5-9(3)14-12(17)10-6-7-11(13)16-15-10/h6-9H,4-5H2,1-3H3,(H,14,17). The lowest BCUT2D eigenvalue weighted by Crippen LogP contribution is -2.33. The Kier molecular flexibility index (Phi) is 5.35. The van der Waals surface area contributed by atoms with E-state index in [1.165, 1.54) is 0 Å². The maximum atomic E-state index is 11.8. The minimum atomic E-state index is -0.203. The zero-order chi connectivity index (χ0) is 12.8. The van der Waals surface area contributed by atoms with E-state index in [-0.39, 0.29) is 17.1 Å². The second kappa shape index (κ2) is 6.55. The van der Waals surface area contributed by atoms with Crippen LogP contribution in [0.1, 0.15) is 44.1 Å². The average molecular weight is 256 g/mol. The van der Waals surface area contributed by atoms with Gasteiger partial charge in [0.25, 0.3) is 5.91 Å². The van der Waals surface area contributed by atoms with E-state index in [0.29, 0.717) is 11.6 Å². The van der Waals surface area contributed by atoms with Crippen molar-refractivity contribution in [2.24, 2.45) is 5.92 Å². The zero-order valence-electron chi connectivity index (χ0n) is 10.4. The minimum Gasteiger partial charge on any atom is -0.348 e. The summed E-state index contributed by atoms with van der Waals surface area (Å²) in [6.07, 6.45) is 2.05. The van der Waals surface area contributed by atoms with E-state index in [9.17, 15) is 4.79 Å². The van der Waals surface area contributed by atoms with Crippen molar-refractivity contribution in [2.75, 3.05) is 0 Å². The summed E-state index contributed by atoms with van der Waals surface area (Å²) in [5, 5.41) is 10.5. The highest BCUT2D eigenvalue weighted by molar-refractivity contribution is 6.29. The lowest BCUT2D eigenvalue weighted by Gasteiger charge is -2.14. The Hall–Kier alpha value is -1.16. The molecule has 0 saturated heterocycles. The maximum absolute atomic E-state index is 11.8. The first kappa shape index (κ1) is 13.9. The highest BCUT2D eigenvalue weighted by Gasteiger charge is 2.11. The number of hydrogen-bond acceptors (Lipinski definition) is 3. The van der Waals surface area contributed by atoms with E-state index in [0.717, 1.165) is 12.8 Å². The fourth-order valence-electron chi connectivity index (χ4n) is 1.39. The molecular formula is C12H18ClN3O. The van der Waals surface area contributed by atoms with Crippen molar-refractivity contribution >= 4 is 17.5 Å². The van der Waals surface area contributed by atoms with Gasteiger partial charge in [-0.2, -0.15) is 0 Å². The quantitative estimate of drug-likeness (QED) is 0.880. The molecule has 0 radical (unpaired) electrons. The molecule has 1 unspecified atom stereocenters. The van der Waals surface area contributed by atoms with Gasteiger partial charge in [-0.05, 0) is 37.8 Å². The molecule has 94 valence electrons. The van der Waals surface area contributed by atoms with Crippen LogP contribution < -0.4 is 5.32 Å². The summed E-state index contributed by atoms with van der Waals surface area (Å²) in [7, 11) is 0. The van der Waals surface area contributed by atoms with Gasteiger partial charge in [-0.25, -0.2) is 0 Å². The van der Waals surface area contributed by atoms with Crippen LogP contribution in [0, 0.1) is 5.92 Å². The molecule has 0 saturated carbocycles. The largest absolute Gasteiger partial charge is 0.348 e. The number of hydrogen-bond donors (Lipinski definition) is 1. The number of carbonyl (C=O) groups excluding carboxylic acids is 1. The number of carbonyl (C=O) groups is 1. The second-order valence-corrected chi connectivity index (χ2v) is 4.97. The summed E-state index contributed by atoms with van der Waals surface area (Å²) >= 11 is 5.60. The van der Waals surface area contributed by atoms with E-state index in [4.69, 9.17) is 11.6 Å². The Morgan fingerprint density at radius 2 is 2.00 bits per heavy atom. The zero-order valence-corrected chi connectivity index (χ0v) is 11.2. The van der Waals surface area contributed by atoms with Crippen LogP contribution in [0.4, 0.5) is 0 Å². The number of amides is 1. The third-order valence-electron chi connectivity index (χ3n) is 2.42. The maximum Gasteiger partial charge on any atom is 0.272 e. The molecule has 0 bridgehead atoms. The predicted octanol–water partition coefficient (Wildman–Crippen LogP) is 2.68. The van der Waals surface area contributed by atoms with Crippen LogP contribution in [0.3, 0.4) is 0 Å². The molecule has 4 nitrogen and oxygen atoms in total. The summed E-state index contributed by atoms with van der Waals surface area (Å²) in [4.78, 5) is 11.8. The molecule has 1 rings (SSSR count). The van der Waals surface area contributed by atoms with E-state index >= 15 is 0 Å². The first-order chi connectivity index (χ1) is 7.99. The van der Waals surface area contributed by atoms with Crippen molar-refractivity contribution in [3.63, 3.8) is 0 Å². The van der Waals surface area contributed by atoms with Crippen LogP contribution in [0.25, 0.3) is 0 Å². The summed E-state index contributed by atoms with van der Waals surface area (Å²) in [5.41, 5.74) is 0.297. The Morgan fingerprint density at radius 1 is 1.29 bits per heavy atom. The number of halogens is 1. The molecule has 0 aromatic carbocycles. The van der Waals surface area contributed by atoms with Gasteiger partial charge in [0.05, 0.1) is 0 Å². The van der Waals surface area contributed by atoms with Gasteiger partial charge in [-0.1, -0.05) is 25.4 Å². The van der Waals surface area contributed by atoms with E-state index < -0.39 is 0 Å². The summed E-state index contributed by atoms with van der Waals surface area (Å²) in [6, 6.07) is 3.27. The fraction of sp³-hybridized carbons (Fsp3) is 0.583. The van der Waals surface area contributed by atoms with Crippen molar-refractivity contribution in [1.82, 2.24) is 15.5 Å². The number of rotatable bonds is 5. The lowest BCUT2D eigenvalue weighted by molar-refractivity contribution is 0.0931. The molecule has 1 N–H and O–H groups in total. The van der Waals surface area contributed by atoms with Gasteiger partial charge < -0.3 is 5.32 Å². The molecule has 1 atom stereocenters. The molecular weight excluding hydrogens is 238 g/mol. The molecule has 0 fully saturated rings. The number of nitrogens with zero attached hydrogens (tertiary/aromatic N) is 2. The minimum absolute atomic E-state index is 0.141. The molecule has 0 aliphatic rings. The molecule has 1 aromatic heterocycles. The lowest BCUT2D eigenvalue weighted by atomic mass is 10.0. The normalized spacial score (nSPS) is 12.5. The third-order valence-corrected chi connectivity index (χ3v) is 2.62. The van der Waals surface area contributed by atoms with Gasteiger partial charge in [0.15, 0.2) is 10.8 Å². The highest BCUT2D eigenvalue weighted by atomic mass is 35.5. The Labute approximate surface area is 107 Å². The highest BCUT2D eigenvalue weighted by Crippen LogP contribution is 2.07. The molecule has 1 heterocycles. The Bertz CT molecular complexity index is 365. The number of nitrogens with one attached hydrogen (secondary N) is 1. The van der Waals surface area contributed by atoms with Crippen LogP contribution in [-0.2, 0) is 0 Å². The van der Waals surface area contributed by atoms with Gasteiger partial charge in [-0.3, -0.25) is 4.79 Å². The molecule has 0 aliphatic heterocycles. The molecule has 0 spiro atoms. The third kappa shape index (κ3) is 5.13. The van der Waals surface area contributed by atoms with Crippen LogP contribution in [0.5, 0.6) is 0 Å². The van der Waals surface area contributed by atoms with Crippen LogP contribution in [0.15, 0.2) is 12.1 Å². The van der Waals surface area contributed by atoms with Gasteiger partial charge >= 0.3 is 0 Å². The van der Waals surface area contributed by atoms with Crippen molar-refractivity contribution in [3.05, 3.63) is 23.0 Å². The number of aromatic nitrogens is 2. The smallest absolute Gasteiger partial charge is 0.272 e. The average Bonchev–Trinajstić information content (AvgIpc) is 2.27. The Morgan fingerprint density at radius 3 is 2.53 bits per heavy atom. The SMILES string of the molecule is CC(C)CCC(C)NC(=O)c1ccc(Cl)nn1. The molecule has 1 amide bonds. The van der Waals surface area contributed by atoms with Crippen molar-refractivity contribution in [1.29, 1.82) is 0 Å². The van der Waals surface area contributed by atoms with E-state index in [1.807, 2.05) is 6.92 Å². The predicted molar refractivity (Wildman–Crippen MR) is 68.0 cm³/mol. The van der Waals surface area contributed by atoms with Crippen LogP contribution in [0.2, 0.25) is 5.15 Å². The second-order valence-electron chi connectivity index (χ2n) is 4.59. The van der Waals surface area contributed by atoms with Gasteiger partial charge in [0.2, 0.25) is 0 Å². The summed E-state index contributed by atoms with van der Waals surface area (Å²) < 4.78 is 0. The van der Waals surface area contributed by atoms with E-state index in [1.54, 1.807) is 12.1 Å². The van der Waals surface area contributed by atoms with Crippen molar-refractivity contribution in [2.45, 2.75) is 39.7 Å². The fourth-order valence-corrected chi connectivity index (χ4v) is 1.49. The molecule has 17 heavy (non-hydrogen) atoms. The Balaban J connectivity index is 2.46. The van der Waals surface area contributed by atoms with Crippen LogP contribution >= 0.6 is 11.6 Å². The summed E-state index contributed by atoms with van der Waals surface area (Å²) in [5.74, 6) is 0.440. The van der Waals surface area contributed by atoms with Crippen molar-refractivity contribution in [3.8, 4) is 0 Å². The molecule has 1 aromatic rings. The monoisotopic (exact) mass is 255 g/mol. The summed E-state index contributed by atoms with van der Waals surface area (Å²) in [6.45, 7) is 6.32.